The van der Waals surface area contributed by atoms with Crippen molar-refractivity contribution >= 4 is 23.2 Å². The van der Waals surface area contributed by atoms with Crippen molar-refractivity contribution in [1.29, 1.82) is 0 Å². The first-order valence-corrected chi connectivity index (χ1v) is 8.45. The summed E-state index contributed by atoms with van der Waals surface area (Å²) in [7, 11) is 0. The molecule has 0 radical (unpaired) electrons. The van der Waals surface area contributed by atoms with Crippen LogP contribution in [0.25, 0.3) is 6.08 Å². The summed E-state index contributed by atoms with van der Waals surface area (Å²) in [6.45, 7) is 2.07. The van der Waals surface area contributed by atoms with Gasteiger partial charge in [0.2, 0.25) is 0 Å². The Morgan fingerprint density at radius 2 is 2.00 bits per heavy atom. The Hall–Kier alpha value is -2.39. The smallest absolute Gasteiger partial charge is 0.192 e. The van der Waals surface area contributed by atoms with Crippen LogP contribution in [0.3, 0.4) is 0 Å². The van der Waals surface area contributed by atoms with E-state index >= 15 is 0 Å². The number of hydrogen-bond donors (Lipinski definition) is 1. The minimum Gasteiger partial charge on any atom is -0.507 e. The monoisotopic (exact) mass is 322 g/mol. The molecule has 0 bridgehead atoms. The van der Waals surface area contributed by atoms with Crippen LogP contribution in [0.2, 0.25) is 0 Å². The molecule has 0 fully saturated rings. The van der Waals surface area contributed by atoms with Crippen LogP contribution in [-0.4, -0.2) is 10.9 Å². The number of benzene rings is 1. The molecule has 116 valence electrons. The van der Waals surface area contributed by atoms with Gasteiger partial charge in [-0.1, -0.05) is 35.9 Å². The zero-order valence-electron chi connectivity index (χ0n) is 13.0. The van der Waals surface area contributed by atoms with E-state index in [1.165, 1.54) is 16.0 Å². The first-order valence-electron chi connectivity index (χ1n) is 7.57. The van der Waals surface area contributed by atoms with E-state index in [0.29, 0.717) is 12.0 Å². The lowest BCUT2D eigenvalue weighted by Gasteiger charge is -2.16. The molecule has 0 saturated heterocycles. The minimum absolute atomic E-state index is 0.0448. The van der Waals surface area contributed by atoms with Crippen LogP contribution in [0.15, 0.2) is 70.6 Å². The summed E-state index contributed by atoms with van der Waals surface area (Å²) in [4.78, 5) is 13.8. The molecule has 3 heteroatoms. The zero-order chi connectivity index (χ0) is 16.2. The van der Waals surface area contributed by atoms with Crippen LogP contribution in [0.5, 0.6) is 5.75 Å². The van der Waals surface area contributed by atoms with Gasteiger partial charge < -0.3 is 5.11 Å². The Kier molecular flexibility index (Phi) is 4.58. The summed E-state index contributed by atoms with van der Waals surface area (Å²) in [5.41, 5.74) is 3.60. The van der Waals surface area contributed by atoms with E-state index in [1.807, 2.05) is 12.1 Å². The highest BCUT2D eigenvalue weighted by Crippen LogP contribution is 2.30. The summed E-state index contributed by atoms with van der Waals surface area (Å²) < 4.78 is 0. The number of aromatic hydroxyl groups is 1. The van der Waals surface area contributed by atoms with Gasteiger partial charge in [-0.05, 0) is 55.0 Å². The number of ketones is 1. The molecule has 1 N–H and O–H groups in total. The summed E-state index contributed by atoms with van der Waals surface area (Å²) in [5, 5.41) is 11.9. The van der Waals surface area contributed by atoms with E-state index in [9.17, 15) is 9.90 Å². The molecule has 1 aliphatic carbocycles. The number of para-hydroxylation sites is 1. The number of hydrogen-bond acceptors (Lipinski definition) is 3. The van der Waals surface area contributed by atoms with E-state index in [4.69, 9.17) is 0 Å². The van der Waals surface area contributed by atoms with Crippen LogP contribution in [0, 0.1) is 0 Å². The zero-order valence-corrected chi connectivity index (χ0v) is 13.8. The maximum absolute atomic E-state index is 12.6. The topological polar surface area (TPSA) is 37.3 Å². The van der Waals surface area contributed by atoms with Crippen molar-refractivity contribution in [3.05, 3.63) is 81.1 Å². The molecular formula is C20H18O2S. The van der Waals surface area contributed by atoms with Gasteiger partial charge in [0.25, 0.3) is 0 Å². The maximum Gasteiger partial charge on any atom is 0.192 e. The maximum atomic E-state index is 12.6. The van der Waals surface area contributed by atoms with E-state index in [-0.39, 0.29) is 11.5 Å². The van der Waals surface area contributed by atoms with Crippen molar-refractivity contribution in [2.45, 2.75) is 19.8 Å². The second kappa shape index (κ2) is 6.80. The Morgan fingerprint density at radius 1 is 1.17 bits per heavy atom. The predicted molar refractivity (Wildman–Crippen MR) is 95.8 cm³/mol. The third kappa shape index (κ3) is 3.51. The number of phenols is 1. The van der Waals surface area contributed by atoms with Crippen molar-refractivity contribution in [2.75, 3.05) is 0 Å². The molecule has 1 aromatic carbocycles. The predicted octanol–water partition coefficient (Wildman–Crippen LogP) is 5.39. The van der Waals surface area contributed by atoms with Crippen LogP contribution in [-0.2, 0) is 0 Å². The van der Waals surface area contributed by atoms with Gasteiger partial charge in [-0.15, -0.1) is 11.3 Å². The molecule has 23 heavy (non-hydrogen) atoms. The highest BCUT2D eigenvalue weighted by molar-refractivity contribution is 7.10. The van der Waals surface area contributed by atoms with Crippen LogP contribution >= 0.6 is 11.3 Å². The molecule has 3 rings (SSSR count). The molecule has 2 aromatic rings. The van der Waals surface area contributed by atoms with Crippen molar-refractivity contribution in [3.63, 3.8) is 0 Å². The number of rotatable bonds is 4. The third-order valence-electron chi connectivity index (χ3n) is 4.00. The largest absolute Gasteiger partial charge is 0.507 e. The summed E-state index contributed by atoms with van der Waals surface area (Å²) in [5.74, 6) is -0.0350. The second-order valence-electron chi connectivity index (χ2n) is 5.61. The van der Waals surface area contributed by atoms with Gasteiger partial charge in [-0.2, -0.15) is 0 Å². The number of Topliss-reactive ketones (excluding diaryl/α,β-unsaturated/α-hetero) is 1. The fourth-order valence-electron chi connectivity index (χ4n) is 2.67. The van der Waals surface area contributed by atoms with E-state index < -0.39 is 0 Å². The average Bonchev–Trinajstić information content (AvgIpc) is 3.07. The minimum atomic E-state index is -0.0799. The summed E-state index contributed by atoms with van der Waals surface area (Å²) in [6, 6.07) is 10.8. The van der Waals surface area contributed by atoms with Crippen molar-refractivity contribution in [1.82, 2.24) is 0 Å². The molecule has 0 aliphatic heterocycles. The number of carbonyl (C=O) groups is 1. The number of carbonyl (C=O) groups excluding carboxylic acids is 1. The van der Waals surface area contributed by atoms with Gasteiger partial charge >= 0.3 is 0 Å². The summed E-state index contributed by atoms with van der Waals surface area (Å²) >= 11 is 1.71. The lowest BCUT2D eigenvalue weighted by atomic mass is 9.88. The third-order valence-corrected chi connectivity index (χ3v) is 4.84. The van der Waals surface area contributed by atoms with E-state index in [2.05, 4.69) is 30.5 Å². The van der Waals surface area contributed by atoms with Gasteiger partial charge in [0.1, 0.15) is 5.75 Å². The van der Waals surface area contributed by atoms with Crippen molar-refractivity contribution in [2.24, 2.45) is 0 Å². The normalized spacial score (nSPS) is 15.1. The molecule has 0 atom stereocenters. The molecule has 1 aromatic heterocycles. The van der Waals surface area contributed by atoms with Gasteiger partial charge in [0.15, 0.2) is 5.78 Å². The second-order valence-corrected chi connectivity index (χ2v) is 6.59. The Balaban J connectivity index is 1.75. The molecule has 2 nitrogen and oxygen atoms in total. The van der Waals surface area contributed by atoms with Gasteiger partial charge in [0.05, 0.1) is 5.56 Å². The van der Waals surface area contributed by atoms with E-state index in [1.54, 1.807) is 35.6 Å². The quantitative estimate of drug-likeness (QED) is 0.767. The Morgan fingerprint density at radius 3 is 2.70 bits per heavy atom. The first kappa shape index (κ1) is 15.5. The number of thiophene rings is 1. The molecule has 0 saturated carbocycles. The number of allylic oxidation sites excluding steroid dienone is 5. The highest BCUT2D eigenvalue weighted by Gasteiger charge is 2.19. The molecule has 1 aliphatic rings. The fraction of sp³-hybridized carbons (Fsp3) is 0.150. The van der Waals surface area contributed by atoms with Crippen LogP contribution in [0.4, 0.5) is 0 Å². The lowest BCUT2D eigenvalue weighted by molar-refractivity contribution is 0.102. The first-order chi connectivity index (χ1) is 11.1. The van der Waals surface area contributed by atoms with Gasteiger partial charge in [-0.25, -0.2) is 0 Å². The molecule has 0 amide bonds. The van der Waals surface area contributed by atoms with Crippen molar-refractivity contribution < 1.29 is 9.90 Å². The Bertz CT molecular complexity index is 808. The van der Waals surface area contributed by atoms with Crippen LogP contribution < -0.4 is 0 Å². The fourth-order valence-corrected chi connectivity index (χ4v) is 3.29. The summed E-state index contributed by atoms with van der Waals surface area (Å²) in [6.07, 6.45) is 7.63. The lowest BCUT2D eigenvalue weighted by Crippen LogP contribution is -2.08. The van der Waals surface area contributed by atoms with E-state index in [0.717, 1.165) is 12.0 Å². The molecule has 0 unspecified atom stereocenters. The Labute approximate surface area is 140 Å². The standard InChI is InChI=1S/C20H18O2S/c1-14-13-16(20(22)18-6-2-3-7-19(18)21)9-8-15(14)10-11-17-5-4-12-23-17/h2-7,9-12,21H,8,13H2,1H3/b11-10+. The van der Waals surface area contributed by atoms with Gasteiger partial charge in [-0.3, -0.25) is 4.79 Å². The van der Waals surface area contributed by atoms with Gasteiger partial charge in [0, 0.05) is 10.5 Å². The highest BCUT2D eigenvalue weighted by atomic mass is 32.1. The van der Waals surface area contributed by atoms with Crippen molar-refractivity contribution in [3.8, 4) is 5.75 Å². The number of phenolic OH excluding ortho intramolecular Hbond substituents is 1. The SMILES string of the molecule is CC1=C(/C=C/c2cccs2)CC=C(C(=O)c2ccccc2O)C1. The molecule has 1 heterocycles. The average molecular weight is 322 g/mol. The molecule has 0 spiro atoms. The van der Waals surface area contributed by atoms with Crippen LogP contribution in [0.1, 0.15) is 35.0 Å². The molecular weight excluding hydrogens is 304 g/mol.